The van der Waals surface area contributed by atoms with Crippen LogP contribution in [0.1, 0.15) is 28.2 Å². The molecule has 2 aromatic rings. The van der Waals surface area contributed by atoms with E-state index in [1.165, 1.54) is 16.7 Å². The number of anilines is 1. The van der Waals surface area contributed by atoms with E-state index in [9.17, 15) is 0 Å². The normalized spacial score (nSPS) is 13.4. The molecule has 0 unspecified atom stereocenters. The van der Waals surface area contributed by atoms with Gasteiger partial charge >= 0.3 is 0 Å². The molecule has 1 aromatic carbocycles. The van der Waals surface area contributed by atoms with Gasteiger partial charge in [-0.15, -0.1) is 0 Å². The fourth-order valence-electron chi connectivity index (χ4n) is 2.46. The summed E-state index contributed by atoms with van der Waals surface area (Å²) in [5.74, 6) is 1.70. The largest absolute Gasteiger partial charge is 0.366 e. The summed E-state index contributed by atoms with van der Waals surface area (Å²) in [4.78, 5) is 8.66. The monoisotopic (exact) mass is 254 g/mol. The molecule has 0 amide bonds. The molecule has 0 saturated heterocycles. The fraction of sp³-hybridized carbons (Fsp3) is 0.333. The molecule has 4 nitrogen and oxygen atoms in total. The van der Waals surface area contributed by atoms with E-state index in [2.05, 4.69) is 38.8 Å². The molecule has 2 N–H and O–H groups in total. The molecule has 2 heterocycles. The Labute approximate surface area is 113 Å². The van der Waals surface area contributed by atoms with Crippen LogP contribution in [0.15, 0.2) is 24.3 Å². The van der Waals surface area contributed by atoms with Crippen molar-refractivity contribution in [3.8, 4) is 0 Å². The van der Waals surface area contributed by atoms with Crippen molar-refractivity contribution in [2.75, 3.05) is 5.32 Å². The Morgan fingerprint density at radius 2 is 1.95 bits per heavy atom. The van der Waals surface area contributed by atoms with E-state index >= 15 is 0 Å². The molecule has 0 fully saturated rings. The lowest BCUT2D eigenvalue weighted by Gasteiger charge is -2.08. The third-order valence-corrected chi connectivity index (χ3v) is 3.34. The van der Waals surface area contributed by atoms with E-state index in [4.69, 9.17) is 0 Å². The summed E-state index contributed by atoms with van der Waals surface area (Å²) in [6, 6.07) is 8.63. The number of benzene rings is 1. The Balaban J connectivity index is 1.72. The number of aromatic nitrogens is 2. The molecule has 4 heteroatoms. The standard InChI is InChI=1S/C15H18N4/c1-10-5-15(19-11(2)18-10)17-7-12-3-4-13-8-16-9-14(13)6-12/h3-6,16H,7-9H2,1-2H3,(H,17,18,19). The number of nitrogens with one attached hydrogen (secondary N) is 2. The van der Waals surface area contributed by atoms with Gasteiger partial charge in [0.1, 0.15) is 11.6 Å². The van der Waals surface area contributed by atoms with E-state index in [0.29, 0.717) is 0 Å². The highest BCUT2D eigenvalue weighted by molar-refractivity contribution is 5.39. The minimum atomic E-state index is 0.795. The molecule has 98 valence electrons. The highest BCUT2D eigenvalue weighted by atomic mass is 15.0. The van der Waals surface area contributed by atoms with Crippen LogP contribution in [0.25, 0.3) is 0 Å². The molecule has 19 heavy (non-hydrogen) atoms. The summed E-state index contributed by atoms with van der Waals surface area (Å²) in [5.41, 5.74) is 5.11. The first-order valence-corrected chi connectivity index (χ1v) is 6.58. The van der Waals surface area contributed by atoms with Gasteiger partial charge in [0, 0.05) is 31.4 Å². The quantitative estimate of drug-likeness (QED) is 0.882. The number of fused-ring (bicyclic) bond motifs is 1. The third kappa shape index (κ3) is 2.74. The predicted molar refractivity (Wildman–Crippen MR) is 75.8 cm³/mol. The molecule has 0 spiro atoms. The van der Waals surface area contributed by atoms with Crippen molar-refractivity contribution in [3.63, 3.8) is 0 Å². The first kappa shape index (κ1) is 12.1. The maximum absolute atomic E-state index is 4.39. The van der Waals surface area contributed by atoms with Crippen LogP contribution in [-0.2, 0) is 19.6 Å². The number of rotatable bonds is 3. The van der Waals surface area contributed by atoms with Crippen molar-refractivity contribution >= 4 is 5.82 Å². The van der Waals surface area contributed by atoms with Gasteiger partial charge in [-0.25, -0.2) is 9.97 Å². The van der Waals surface area contributed by atoms with Crippen LogP contribution in [0.5, 0.6) is 0 Å². The number of aryl methyl sites for hydroxylation is 2. The molecule has 0 saturated carbocycles. The average molecular weight is 254 g/mol. The second-order valence-corrected chi connectivity index (χ2v) is 5.00. The van der Waals surface area contributed by atoms with Gasteiger partial charge in [-0.1, -0.05) is 18.2 Å². The molecule has 0 radical (unpaired) electrons. The summed E-state index contributed by atoms with van der Waals surface area (Å²) in [5, 5.41) is 6.72. The lowest BCUT2D eigenvalue weighted by atomic mass is 10.1. The second kappa shape index (κ2) is 4.97. The summed E-state index contributed by atoms with van der Waals surface area (Å²) in [6.07, 6.45) is 0. The van der Waals surface area contributed by atoms with Crippen LogP contribution in [0, 0.1) is 13.8 Å². The van der Waals surface area contributed by atoms with E-state index in [1.54, 1.807) is 0 Å². The van der Waals surface area contributed by atoms with E-state index in [-0.39, 0.29) is 0 Å². The Bertz CT molecular complexity index is 587. The van der Waals surface area contributed by atoms with Crippen LogP contribution in [-0.4, -0.2) is 9.97 Å². The van der Waals surface area contributed by atoms with E-state index in [1.807, 2.05) is 19.9 Å². The summed E-state index contributed by atoms with van der Waals surface area (Å²) >= 11 is 0. The Hall–Kier alpha value is -1.94. The van der Waals surface area contributed by atoms with Gasteiger partial charge in [0.05, 0.1) is 0 Å². The van der Waals surface area contributed by atoms with Crippen molar-refractivity contribution in [2.24, 2.45) is 0 Å². The zero-order valence-corrected chi connectivity index (χ0v) is 11.3. The molecule has 3 rings (SSSR count). The Kier molecular flexibility index (Phi) is 3.17. The molecule has 0 atom stereocenters. The van der Waals surface area contributed by atoms with Gasteiger partial charge in [0.25, 0.3) is 0 Å². The fourth-order valence-corrected chi connectivity index (χ4v) is 2.46. The van der Waals surface area contributed by atoms with Crippen molar-refractivity contribution in [2.45, 2.75) is 33.5 Å². The number of hydrogen-bond donors (Lipinski definition) is 2. The van der Waals surface area contributed by atoms with Crippen LogP contribution in [0.3, 0.4) is 0 Å². The zero-order valence-electron chi connectivity index (χ0n) is 11.3. The molecule has 1 aromatic heterocycles. The van der Waals surface area contributed by atoms with Crippen molar-refractivity contribution in [1.82, 2.24) is 15.3 Å². The SMILES string of the molecule is Cc1cc(NCc2ccc3c(c2)CNC3)nc(C)n1. The van der Waals surface area contributed by atoms with Crippen LogP contribution >= 0.6 is 0 Å². The average Bonchev–Trinajstić information content (AvgIpc) is 2.82. The zero-order chi connectivity index (χ0) is 13.2. The molecule has 1 aliphatic rings. The topological polar surface area (TPSA) is 49.8 Å². The summed E-state index contributed by atoms with van der Waals surface area (Å²) < 4.78 is 0. The highest BCUT2D eigenvalue weighted by Gasteiger charge is 2.09. The molecule has 0 bridgehead atoms. The lowest BCUT2D eigenvalue weighted by molar-refractivity contribution is 0.764. The predicted octanol–water partition coefficient (Wildman–Crippen LogP) is 2.31. The number of nitrogens with zero attached hydrogens (tertiary/aromatic N) is 2. The van der Waals surface area contributed by atoms with Crippen LogP contribution < -0.4 is 10.6 Å². The van der Waals surface area contributed by atoms with Gasteiger partial charge in [-0.2, -0.15) is 0 Å². The van der Waals surface area contributed by atoms with Crippen molar-refractivity contribution in [3.05, 3.63) is 52.5 Å². The maximum Gasteiger partial charge on any atom is 0.130 e. The Morgan fingerprint density at radius 1 is 1.11 bits per heavy atom. The van der Waals surface area contributed by atoms with Gasteiger partial charge in [0.15, 0.2) is 0 Å². The first-order chi connectivity index (χ1) is 9.20. The summed E-state index contributed by atoms with van der Waals surface area (Å²) in [6.45, 7) is 6.67. The molecular weight excluding hydrogens is 236 g/mol. The molecular formula is C15H18N4. The van der Waals surface area contributed by atoms with Gasteiger partial charge in [-0.05, 0) is 30.5 Å². The van der Waals surface area contributed by atoms with E-state index in [0.717, 1.165) is 37.0 Å². The van der Waals surface area contributed by atoms with Crippen LogP contribution in [0.2, 0.25) is 0 Å². The smallest absolute Gasteiger partial charge is 0.130 e. The van der Waals surface area contributed by atoms with Crippen molar-refractivity contribution in [1.29, 1.82) is 0 Å². The summed E-state index contributed by atoms with van der Waals surface area (Å²) in [7, 11) is 0. The lowest BCUT2D eigenvalue weighted by Crippen LogP contribution is -2.04. The minimum Gasteiger partial charge on any atom is -0.366 e. The van der Waals surface area contributed by atoms with E-state index < -0.39 is 0 Å². The van der Waals surface area contributed by atoms with Gasteiger partial charge < -0.3 is 10.6 Å². The molecule has 1 aliphatic heterocycles. The van der Waals surface area contributed by atoms with Gasteiger partial charge in [0.2, 0.25) is 0 Å². The molecule has 0 aliphatic carbocycles. The van der Waals surface area contributed by atoms with Crippen molar-refractivity contribution < 1.29 is 0 Å². The first-order valence-electron chi connectivity index (χ1n) is 6.58. The third-order valence-electron chi connectivity index (χ3n) is 3.34. The second-order valence-electron chi connectivity index (χ2n) is 5.00. The number of hydrogen-bond acceptors (Lipinski definition) is 4. The van der Waals surface area contributed by atoms with Gasteiger partial charge in [-0.3, -0.25) is 0 Å². The Morgan fingerprint density at radius 3 is 2.79 bits per heavy atom. The maximum atomic E-state index is 4.39. The minimum absolute atomic E-state index is 0.795. The van der Waals surface area contributed by atoms with Crippen LogP contribution in [0.4, 0.5) is 5.82 Å². The highest BCUT2D eigenvalue weighted by Crippen LogP contribution is 2.17.